The SMILES string of the molecule is CC(c1cccc(-c2cncc(C(=O)O)c2)c1)N(C)C. The van der Waals surface area contributed by atoms with Crippen LogP contribution in [-0.4, -0.2) is 35.1 Å². The molecule has 0 aliphatic carbocycles. The molecule has 1 N–H and O–H groups in total. The Kier molecular flexibility index (Phi) is 4.15. The monoisotopic (exact) mass is 270 g/mol. The van der Waals surface area contributed by atoms with E-state index in [1.165, 1.54) is 11.8 Å². The number of rotatable bonds is 4. The van der Waals surface area contributed by atoms with Crippen LogP contribution in [0.1, 0.15) is 28.9 Å². The number of carboxylic acids is 1. The average Bonchev–Trinajstić information content (AvgIpc) is 2.46. The first-order valence-corrected chi connectivity index (χ1v) is 6.44. The van der Waals surface area contributed by atoms with Gasteiger partial charge in [-0.15, -0.1) is 0 Å². The smallest absolute Gasteiger partial charge is 0.337 e. The summed E-state index contributed by atoms with van der Waals surface area (Å²) in [6.07, 6.45) is 3.05. The molecule has 2 rings (SSSR count). The second kappa shape index (κ2) is 5.84. The summed E-state index contributed by atoms with van der Waals surface area (Å²) < 4.78 is 0. The van der Waals surface area contributed by atoms with Crippen LogP contribution in [0, 0.1) is 0 Å². The maximum Gasteiger partial charge on any atom is 0.337 e. The number of aromatic nitrogens is 1. The number of aromatic carboxylic acids is 1. The third-order valence-electron chi connectivity index (χ3n) is 3.46. The van der Waals surface area contributed by atoms with Crippen LogP contribution < -0.4 is 0 Å². The molecule has 104 valence electrons. The van der Waals surface area contributed by atoms with Gasteiger partial charge in [-0.1, -0.05) is 18.2 Å². The summed E-state index contributed by atoms with van der Waals surface area (Å²) in [7, 11) is 4.06. The lowest BCUT2D eigenvalue weighted by Gasteiger charge is -2.20. The Bertz CT molecular complexity index is 623. The highest BCUT2D eigenvalue weighted by Gasteiger charge is 2.10. The van der Waals surface area contributed by atoms with Crippen molar-refractivity contribution in [1.29, 1.82) is 0 Å². The third kappa shape index (κ3) is 3.03. The number of hydrogen-bond acceptors (Lipinski definition) is 3. The van der Waals surface area contributed by atoms with E-state index in [-0.39, 0.29) is 5.56 Å². The molecule has 4 nitrogen and oxygen atoms in total. The van der Waals surface area contributed by atoms with E-state index in [0.29, 0.717) is 6.04 Å². The quantitative estimate of drug-likeness (QED) is 0.927. The third-order valence-corrected chi connectivity index (χ3v) is 3.46. The first-order chi connectivity index (χ1) is 9.49. The van der Waals surface area contributed by atoms with Gasteiger partial charge in [0.1, 0.15) is 0 Å². The maximum atomic E-state index is 11.0. The number of carbonyl (C=O) groups is 1. The molecule has 1 atom stereocenters. The Hall–Kier alpha value is -2.20. The van der Waals surface area contributed by atoms with E-state index in [1.807, 2.05) is 26.2 Å². The molecule has 0 bridgehead atoms. The van der Waals surface area contributed by atoms with Crippen LogP contribution >= 0.6 is 0 Å². The predicted molar refractivity (Wildman–Crippen MR) is 78.7 cm³/mol. The van der Waals surface area contributed by atoms with Crippen molar-refractivity contribution in [2.24, 2.45) is 0 Å². The Morgan fingerprint density at radius 2 is 1.95 bits per heavy atom. The second-order valence-corrected chi connectivity index (χ2v) is 5.03. The molecule has 4 heteroatoms. The lowest BCUT2D eigenvalue weighted by Crippen LogP contribution is -2.16. The van der Waals surface area contributed by atoms with Crippen molar-refractivity contribution in [2.75, 3.05) is 14.1 Å². The molecule has 1 heterocycles. The van der Waals surface area contributed by atoms with Gasteiger partial charge in [0.05, 0.1) is 5.56 Å². The van der Waals surface area contributed by atoms with E-state index < -0.39 is 5.97 Å². The molecular formula is C16H18N2O2. The van der Waals surface area contributed by atoms with Gasteiger partial charge in [0.15, 0.2) is 0 Å². The highest BCUT2D eigenvalue weighted by atomic mass is 16.4. The van der Waals surface area contributed by atoms with Crippen molar-refractivity contribution in [1.82, 2.24) is 9.88 Å². The molecule has 0 aliphatic heterocycles. The first-order valence-electron chi connectivity index (χ1n) is 6.44. The lowest BCUT2D eigenvalue weighted by atomic mass is 10.00. The van der Waals surface area contributed by atoms with E-state index in [9.17, 15) is 4.79 Å². The summed E-state index contributed by atoms with van der Waals surface area (Å²) in [5, 5.41) is 9.03. The average molecular weight is 270 g/mol. The molecule has 0 amide bonds. The summed E-state index contributed by atoms with van der Waals surface area (Å²) in [4.78, 5) is 17.1. The zero-order valence-corrected chi connectivity index (χ0v) is 11.9. The van der Waals surface area contributed by atoms with Gasteiger partial charge in [0, 0.05) is 24.0 Å². The summed E-state index contributed by atoms with van der Waals surface area (Å²) in [6.45, 7) is 2.13. The maximum absolute atomic E-state index is 11.0. The minimum Gasteiger partial charge on any atom is -0.478 e. The zero-order valence-electron chi connectivity index (χ0n) is 11.9. The molecule has 20 heavy (non-hydrogen) atoms. The van der Waals surface area contributed by atoms with Crippen LogP contribution in [-0.2, 0) is 0 Å². The van der Waals surface area contributed by atoms with E-state index in [1.54, 1.807) is 12.3 Å². The van der Waals surface area contributed by atoms with Crippen LogP contribution in [0.25, 0.3) is 11.1 Å². The molecule has 0 radical (unpaired) electrons. The number of pyridine rings is 1. The van der Waals surface area contributed by atoms with Crippen molar-refractivity contribution in [3.8, 4) is 11.1 Å². The standard InChI is InChI=1S/C16H18N2O2/c1-11(18(2)3)12-5-4-6-13(7-12)14-8-15(16(19)20)10-17-9-14/h4-11H,1-3H3,(H,19,20). The topological polar surface area (TPSA) is 53.4 Å². The first kappa shape index (κ1) is 14.2. The lowest BCUT2D eigenvalue weighted by molar-refractivity contribution is 0.0696. The molecule has 0 saturated carbocycles. The molecule has 0 spiro atoms. The van der Waals surface area contributed by atoms with Crippen molar-refractivity contribution in [3.05, 3.63) is 53.9 Å². The fourth-order valence-corrected chi connectivity index (χ4v) is 1.99. The van der Waals surface area contributed by atoms with E-state index >= 15 is 0 Å². The second-order valence-electron chi connectivity index (χ2n) is 5.03. The summed E-state index contributed by atoms with van der Waals surface area (Å²) >= 11 is 0. The largest absolute Gasteiger partial charge is 0.478 e. The van der Waals surface area contributed by atoms with E-state index in [2.05, 4.69) is 28.9 Å². The number of benzene rings is 1. The molecule has 1 aromatic heterocycles. The van der Waals surface area contributed by atoms with Crippen LogP contribution in [0.4, 0.5) is 0 Å². The summed E-state index contributed by atoms with van der Waals surface area (Å²) in [5.74, 6) is -0.961. The predicted octanol–water partition coefficient (Wildman–Crippen LogP) is 3.07. The van der Waals surface area contributed by atoms with Gasteiger partial charge < -0.3 is 10.0 Å². The van der Waals surface area contributed by atoms with Gasteiger partial charge in [-0.05, 0) is 44.3 Å². The Balaban J connectivity index is 2.41. The van der Waals surface area contributed by atoms with Crippen LogP contribution in [0.5, 0.6) is 0 Å². The van der Waals surface area contributed by atoms with E-state index in [0.717, 1.165) is 11.1 Å². The number of nitrogens with zero attached hydrogens (tertiary/aromatic N) is 2. The van der Waals surface area contributed by atoms with Gasteiger partial charge in [-0.3, -0.25) is 4.98 Å². The zero-order chi connectivity index (χ0) is 14.7. The molecular weight excluding hydrogens is 252 g/mol. The van der Waals surface area contributed by atoms with Crippen molar-refractivity contribution in [2.45, 2.75) is 13.0 Å². The summed E-state index contributed by atoms with van der Waals surface area (Å²) in [6, 6.07) is 10.0. The number of hydrogen-bond donors (Lipinski definition) is 1. The normalized spacial score (nSPS) is 12.4. The van der Waals surface area contributed by atoms with Gasteiger partial charge in [-0.2, -0.15) is 0 Å². The van der Waals surface area contributed by atoms with Gasteiger partial charge in [-0.25, -0.2) is 4.79 Å². The molecule has 0 fully saturated rings. The number of carboxylic acid groups (broad SMARTS) is 1. The fraction of sp³-hybridized carbons (Fsp3) is 0.250. The Morgan fingerprint density at radius 1 is 1.20 bits per heavy atom. The Morgan fingerprint density at radius 3 is 2.60 bits per heavy atom. The highest BCUT2D eigenvalue weighted by molar-refractivity contribution is 5.88. The molecule has 2 aromatic rings. The van der Waals surface area contributed by atoms with Gasteiger partial charge >= 0.3 is 5.97 Å². The fourth-order valence-electron chi connectivity index (χ4n) is 1.99. The highest BCUT2D eigenvalue weighted by Crippen LogP contribution is 2.25. The molecule has 0 saturated heterocycles. The molecule has 1 aromatic carbocycles. The van der Waals surface area contributed by atoms with Crippen LogP contribution in [0.3, 0.4) is 0 Å². The minimum absolute atomic E-state index is 0.202. The minimum atomic E-state index is -0.961. The van der Waals surface area contributed by atoms with Gasteiger partial charge in [0.2, 0.25) is 0 Å². The van der Waals surface area contributed by atoms with Crippen LogP contribution in [0.2, 0.25) is 0 Å². The van der Waals surface area contributed by atoms with Gasteiger partial charge in [0.25, 0.3) is 0 Å². The Labute approximate surface area is 118 Å². The van der Waals surface area contributed by atoms with Crippen LogP contribution in [0.15, 0.2) is 42.7 Å². The summed E-state index contributed by atoms with van der Waals surface area (Å²) in [5.41, 5.74) is 3.19. The van der Waals surface area contributed by atoms with Crippen molar-refractivity contribution >= 4 is 5.97 Å². The molecule has 1 unspecified atom stereocenters. The van der Waals surface area contributed by atoms with Crippen molar-refractivity contribution in [3.63, 3.8) is 0 Å². The molecule has 0 aliphatic rings. The van der Waals surface area contributed by atoms with E-state index in [4.69, 9.17) is 5.11 Å². The van der Waals surface area contributed by atoms with Crippen molar-refractivity contribution < 1.29 is 9.90 Å².